The predicted molar refractivity (Wildman–Crippen MR) is 76.7 cm³/mol. The average Bonchev–Trinajstić information content (AvgIpc) is 2.99. The first kappa shape index (κ1) is 13.6. The van der Waals surface area contributed by atoms with Crippen LogP contribution in [0.2, 0.25) is 0 Å². The van der Waals surface area contributed by atoms with Crippen LogP contribution in [-0.2, 0) is 14.2 Å². The highest BCUT2D eigenvalue weighted by Gasteiger charge is 2.67. The van der Waals surface area contributed by atoms with Gasteiger partial charge in [0.05, 0.1) is 6.10 Å². The quantitative estimate of drug-likeness (QED) is 0.549. The van der Waals surface area contributed by atoms with E-state index in [2.05, 4.69) is 12.2 Å². The second kappa shape index (κ2) is 4.03. The summed E-state index contributed by atoms with van der Waals surface area (Å²) in [6, 6.07) is 0. The Balaban J connectivity index is 1.50. The Morgan fingerprint density at radius 1 is 1.24 bits per heavy atom. The van der Waals surface area contributed by atoms with Crippen LogP contribution in [0.1, 0.15) is 40.5 Å². The van der Waals surface area contributed by atoms with Gasteiger partial charge in [-0.05, 0) is 51.9 Å². The molecule has 3 fully saturated rings. The molecule has 0 aromatic rings. The van der Waals surface area contributed by atoms with Crippen molar-refractivity contribution in [1.29, 1.82) is 0 Å². The Labute approximate surface area is 125 Å². The van der Waals surface area contributed by atoms with Gasteiger partial charge < -0.3 is 14.2 Å². The van der Waals surface area contributed by atoms with E-state index in [0.29, 0.717) is 23.7 Å². The van der Waals surface area contributed by atoms with Crippen molar-refractivity contribution in [1.82, 2.24) is 0 Å². The molecule has 7 atom stereocenters. The minimum atomic E-state index is -0.573. The molecular formula is C17H24O4. The van der Waals surface area contributed by atoms with E-state index < -0.39 is 17.4 Å². The predicted octanol–water partition coefficient (Wildman–Crippen LogP) is 3.31. The zero-order valence-corrected chi connectivity index (χ0v) is 13.2. The monoisotopic (exact) mass is 292 g/mol. The van der Waals surface area contributed by atoms with Gasteiger partial charge in [-0.25, -0.2) is 4.79 Å². The van der Waals surface area contributed by atoms with Gasteiger partial charge in [0.15, 0.2) is 0 Å². The smallest absolute Gasteiger partial charge is 0.429 e. The third-order valence-corrected chi connectivity index (χ3v) is 5.60. The highest BCUT2D eigenvalue weighted by Crippen LogP contribution is 2.63. The van der Waals surface area contributed by atoms with Crippen molar-refractivity contribution < 1.29 is 19.0 Å². The molecule has 4 rings (SSSR count). The van der Waals surface area contributed by atoms with E-state index in [1.165, 1.54) is 6.42 Å². The Kier molecular flexibility index (Phi) is 2.62. The third kappa shape index (κ3) is 1.95. The molecule has 2 aliphatic carbocycles. The second-order valence-electron chi connectivity index (χ2n) is 8.28. The lowest BCUT2D eigenvalue weighted by Crippen LogP contribution is -2.49. The fourth-order valence-corrected chi connectivity index (χ4v) is 5.03. The summed E-state index contributed by atoms with van der Waals surface area (Å²) in [5.41, 5.74) is -1.06. The Bertz CT molecular complexity index is 505. The highest BCUT2D eigenvalue weighted by molar-refractivity contribution is 5.61. The first-order chi connectivity index (χ1) is 9.77. The van der Waals surface area contributed by atoms with Crippen LogP contribution >= 0.6 is 0 Å². The number of ether oxygens (including phenoxy) is 3. The van der Waals surface area contributed by atoms with Crippen LogP contribution < -0.4 is 0 Å². The summed E-state index contributed by atoms with van der Waals surface area (Å²) in [7, 11) is 0. The first-order valence-corrected chi connectivity index (χ1v) is 8.03. The van der Waals surface area contributed by atoms with Crippen LogP contribution in [0.4, 0.5) is 4.79 Å². The van der Waals surface area contributed by atoms with Gasteiger partial charge in [-0.1, -0.05) is 12.2 Å². The molecule has 2 saturated heterocycles. The van der Waals surface area contributed by atoms with Gasteiger partial charge in [-0.3, -0.25) is 0 Å². The van der Waals surface area contributed by atoms with Gasteiger partial charge in [0.25, 0.3) is 0 Å². The summed E-state index contributed by atoms with van der Waals surface area (Å²) in [6.45, 7) is 7.56. The minimum Gasteiger partial charge on any atom is -0.429 e. The molecule has 4 aliphatic rings. The molecule has 116 valence electrons. The molecule has 21 heavy (non-hydrogen) atoms. The molecule has 2 aliphatic heterocycles. The van der Waals surface area contributed by atoms with Crippen LogP contribution in [0.5, 0.6) is 0 Å². The standard InChI is InChI=1S/C17H24O4/c1-16(2,3)20-15(18)21-17(4)8-11-12-9-5-6-10(7-9)13(12)14(17)19-11/h5-6,9-14H,7-8H2,1-4H3. The number of rotatable bonds is 1. The molecule has 7 unspecified atom stereocenters. The van der Waals surface area contributed by atoms with Crippen LogP contribution in [0, 0.1) is 23.7 Å². The molecule has 0 aromatic heterocycles. The number of allylic oxidation sites excluding steroid dienone is 2. The molecule has 1 saturated carbocycles. The van der Waals surface area contributed by atoms with E-state index >= 15 is 0 Å². The van der Waals surface area contributed by atoms with E-state index in [-0.39, 0.29) is 12.2 Å². The molecule has 0 N–H and O–H groups in total. The molecule has 0 amide bonds. The van der Waals surface area contributed by atoms with Gasteiger partial charge in [-0.15, -0.1) is 0 Å². The molecule has 4 nitrogen and oxygen atoms in total. The average molecular weight is 292 g/mol. The van der Waals surface area contributed by atoms with Crippen molar-refractivity contribution in [2.75, 3.05) is 0 Å². The first-order valence-electron chi connectivity index (χ1n) is 8.03. The fraction of sp³-hybridized carbons (Fsp3) is 0.824. The van der Waals surface area contributed by atoms with Crippen molar-refractivity contribution in [3.05, 3.63) is 12.2 Å². The Morgan fingerprint density at radius 2 is 1.90 bits per heavy atom. The maximum Gasteiger partial charge on any atom is 0.509 e. The fourth-order valence-electron chi connectivity index (χ4n) is 5.03. The van der Waals surface area contributed by atoms with E-state index in [0.717, 1.165) is 6.42 Å². The zero-order valence-electron chi connectivity index (χ0n) is 13.2. The van der Waals surface area contributed by atoms with Crippen LogP contribution in [-0.4, -0.2) is 29.6 Å². The molecule has 0 aromatic carbocycles. The highest BCUT2D eigenvalue weighted by atomic mass is 16.7. The number of carbonyl (C=O) groups excluding carboxylic acids is 1. The topological polar surface area (TPSA) is 44.8 Å². The summed E-state index contributed by atoms with van der Waals surface area (Å²) >= 11 is 0. The Morgan fingerprint density at radius 3 is 2.57 bits per heavy atom. The van der Waals surface area contributed by atoms with Crippen molar-refractivity contribution in [2.24, 2.45) is 23.7 Å². The number of fused-ring (bicyclic) bond motifs is 9. The molecule has 0 spiro atoms. The molecule has 0 radical (unpaired) electrons. The van der Waals surface area contributed by atoms with Gasteiger partial charge in [0.2, 0.25) is 0 Å². The lowest BCUT2D eigenvalue weighted by Gasteiger charge is -2.39. The van der Waals surface area contributed by atoms with Crippen molar-refractivity contribution in [3.63, 3.8) is 0 Å². The van der Waals surface area contributed by atoms with E-state index in [1.807, 2.05) is 27.7 Å². The van der Waals surface area contributed by atoms with Crippen LogP contribution in [0.15, 0.2) is 12.2 Å². The molecule has 2 heterocycles. The summed E-state index contributed by atoms with van der Waals surface area (Å²) in [5, 5.41) is 0. The molecular weight excluding hydrogens is 268 g/mol. The third-order valence-electron chi connectivity index (χ3n) is 5.60. The van der Waals surface area contributed by atoms with Gasteiger partial charge in [-0.2, -0.15) is 0 Å². The summed E-state index contributed by atoms with van der Waals surface area (Å²) in [6.07, 6.45) is 6.46. The van der Waals surface area contributed by atoms with Crippen molar-refractivity contribution in [2.45, 2.75) is 63.9 Å². The lowest BCUT2D eigenvalue weighted by molar-refractivity contribution is -0.0960. The van der Waals surface area contributed by atoms with Crippen molar-refractivity contribution >= 4 is 6.16 Å². The van der Waals surface area contributed by atoms with Gasteiger partial charge in [0.1, 0.15) is 17.3 Å². The number of carbonyl (C=O) groups is 1. The maximum absolute atomic E-state index is 12.0. The summed E-state index contributed by atoms with van der Waals surface area (Å²) in [4.78, 5) is 12.0. The molecule has 4 heteroatoms. The minimum absolute atomic E-state index is 0.0277. The molecule has 4 bridgehead atoms. The van der Waals surface area contributed by atoms with Gasteiger partial charge in [0, 0.05) is 12.3 Å². The SMILES string of the molecule is CC(C)(C)OC(=O)OC1(C)CC2OC1C1C3C=CC(C3)C21. The summed E-state index contributed by atoms with van der Waals surface area (Å²) < 4.78 is 17.2. The normalized spacial score (nSPS) is 49.5. The maximum atomic E-state index is 12.0. The van der Waals surface area contributed by atoms with Gasteiger partial charge >= 0.3 is 6.16 Å². The largest absolute Gasteiger partial charge is 0.509 e. The zero-order chi connectivity index (χ0) is 15.0. The van der Waals surface area contributed by atoms with Crippen LogP contribution in [0.3, 0.4) is 0 Å². The van der Waals surface area contributed by atoms with E-state index in [4.69, 9.17) is 14.2 Å². The number of hydrogen-bond acceptors (Lipinski definition) is 4. The lowest BCUT2D eigenvalue weighted by atomic mass is 9.68. The van der Waals surface area contributed by atoms with Crippen LogP contribution in [0.25, 0.3) is 0 Å². The summed E-state index contributed by atoms with van der Waals surface area (Å²) in [5.74, 6) is 2.45. The van der Waals surface area contributed by atoms with E-state index in [1.54, 1.807) is 0 Å². The number of hydrogen-bond donors (Lipinski definition) is 0. The van der Waals surface area contributed by atoms with Crippen molar-refractivity contribution in [3.8, 4) is 0 Å². The Hall–Kier alpha value is -1.03. The van der Waals surface area contributed by atoms with E-state index in [9.17, 15) is 4.79 Å². The second-order valence-corrected chi connectivity index (χ2v) is 8.28.